The van der Waals surface area contributed by atoms with Gasteiger partial charge in [0.2, 0.25) is 0 Å². The van der Waals surface area contributed by atoms with E-state index >= 15 is 0 Å². The first kappa shape index (κ1) is 31.1. The third-order valence-corrected chi connectivity index (χ3v) is 7.64. The smallest absolute Gasteiger partial charge is 0.416 e. The average molecular weight is 637 g/mol. The second-order valence-corrected chi connectivity index (χ2v) is 10.9. The Balaban J connectivity index is 1.43. The fraction of sp³-hybridized carbons (Fsp3) is 0.258. The van der Waals surface area contributed by atoms with Gasteiger partial charge >= 0.3 is 12.4 Å². The molecule has 1 aliphatic heterocycles. The number of para-hydroxylation sites is 1. The SMILES string of the molecule is O=C(N[C@H]1CCN(C(=O)c2cc(C(F)(F)F)cc(C(F)(F)F)c2)[C@H](Cc2ccc(Cl)cc2)C1)c1cc(=O)c2ccccc2o1. The van der Waals surface area contributed by atoms with Crippen LogP contribution >= 0.6 is 11.6 Å². The van der Waals surface area contributed by atoms with E-state index in [1.807, 2.05) is 0 Å². The van der Waals surface area contributed by atoms with Crippen molar-refractivity contribution in [2.24, 2.45) is 0 Å². The summed E-state index contributed by atoms with van der Waals surface area (Å²) in [5.41, 5.74) is -3.45. The lowest BCUT2D eigenvalue weighted by Crippen LogP contribution is -2.52. The van der Waals surface area contributed by atoms with Crippen LogP contribution in [-0.2, 0) is 18.8 Å². The maximum absolute atomic E-state index is 13.6. The van der Waals surface area contributed by atoms with Gasteiger partial charge < -0.3 is 14.6 Å². The lowest BCUT2D eigenvalue weighted by Gasteiger charge is -2.40. The second kappa shape index (κ2) is 12.0. The highest BCUT2D eigenvalue weighted by Gasteiger charge is 2.39. The van der Waals surface area contributed by atoms with Crippen LogP contribution in [0, 0.1) is 0 Å². The fourth-order valence-corrected chi connectivity index (χ4v) is 5.38. The maximum Gasteiger partial charge on any atom is 0.416 e. The number of nitrogens with one attached hydrogen (secondary N) is 1. The molecule has 0 radical (unpaired) electrons. The van der Waals surface area contributed by atoms with Gasteiger partial charge in [-0.05, 0) is 67.3 Å². The standard InChI is InChI=1S/C31H23ClF6N2O4/c32-21-7-5-17(6-8-21)11-23-15-22(39-28(42)27-16-25(41)24-3-1-2-4-26(24)44-27)9-10-40(23)29(43)18-12-19(30(33,34)35)14-20(13-18)31(36,37)38/h1-8,12-14,16,22-23H,9-11,15H2,(H,39,42)/t22-,23+/m0/s1. The summed E-state index contributed by atoms with van der Waals surface area (Å²) in [5.74, 6) is -1.92. The van der Waals surface area contributed by atoms with E-state index in [0.717, 1.165) is 6.07 Å². The van der Waals surface area contributed by atoms with Crippen molar-refractivity contribution >= 4 is 34.4 Å². The number of nitrogens with zero attached hydrogens (tertiary/aromatic N) is 1. The number of halogens is 7. The van der Waals surface area contributed by atoms with Gasteiger partial charge in [0, 0.05) is 35.3 Å². The van der Waals surface area contributed by atoms with E-state index in [0.29, 0.717) is 28.1 Å². The number of hydrogen-bond acceptors (Lipinski definition) is 4. The number of likely N-dealkylation sites (tertiary alicyclic amines) is 1. The molecule has 6 nitrogen and oxygen atoms in total. The molecule has 1 aliphatic rings. The predicted molar refractivity (Wildman–Crippen MR) is 149 cm³/mol. The lowest BCUT2D eigenvalue weighted by molar-refractivity contribution is -0.143. The van der Waals surface area contributed by atoms with E-state index in [1.54, 1.807) is 42.5 Å². The molecule has 4 aromatic rings. The van der Waals surface area contributed by atoms with Crippen molar-refractivity contribution < 1.29 is 40.3 Å². The Labute approximate surface area is 251 Å². The van der Waals surface area contributed by atoms with Crippen LogP contribution in [-0.4, -0.2) is 35.3 Å². The fourth-order valence-electron chi connectivity index (χ4n) is 5.25. The molecule has 2 amide bonds. The zero-order valence-electron chi connectivity index (χ0n) is 22.6. The molecule has 230 valence electrons. The van der Waals surface area contributed by atoms with Crippen LogP contribution in [0.3, 0.4) is 0 Å². The molecule has 13 heteroatoms. The Kier molecular flexibility index (Phi) is 8.48. The number of carbonyl (C=O) groups is 2. The van der Waals surface area contributed by atoms with Crippen molar-refractivity contribution in [2.75, 3.05) is 6.54 Å². The highest BCUT2D eigenvalue weighted by molar-refractivity contribution is 6.30. The molecule has 2 heterocycles. The predicted octanol–water partition coefficient (Wildman–Crippen LogP) is 7.13. The molecule has 1 saturated heterocycles. The quantitative estimate of drug-likeness (QED) is 0.237. The summed E-state index contributed by atoms with van der Waals surface area (Å²) in [6, 6.07) is 13.5. The van der Waals surface area contributed by atoms with Gasteiger partial charge in [-0.25, -0.2) is 0 Å². The summed E-state index contributed by atoms with van der Waals surface area (Å²) in [6.45, 7) is -0.0820. The largest absolute Gasteiger partial charge is 0.451 e. The number of benzene rings is 3. The zero-order chi connectivity index (χ0) is 31.8. The third-order valence-electron chi connectivity index (χ3n) is 7.39. The van der Waals surface area contributed by atoms with Crippen LogP contribution in [0.5, 0.6) is 0 Å². The van der Waals surface area contributed by atoms with Gasteiger partial charge in [0.05, 0.1) is 16.5 Å². The molecule has 1 aromatic heterocycles. The Morgan fingerprint density at radius 3 is 2.18 bits per heavy atom. The third kappa shape index (κ3) is 6.91. The molecule has 0 saturated carbocycles. The molecule has 5 rings (SSSR count). The highest BCUT2D eigenvalue weighted by Crippen LogP contribution is 2.37. The first-order valence-electron chi connectivity index (χ1n) is 13.4. The summed E-state index contributed by atoms with van der Waals surface area (Å²) in [4.78, 5) is 40.3. The van der Waals surface area contributed by atoms with Gasteiger partial charge in [0.15, 0.2) is 11.2 Å². The molecular weight excluding hydrogens is 614 g/mol. The van der Waals surface area contributed by atoms with Crippen molar-refractivity contribution in [2.45, 2.75) is 43.7 Å². The minimum absolute atomic E-state index is 0.0328. The Bertz CT molecular complexity index is 1740. The molecule has 0 bridgehead atoms. The van der Waals surface area contributed by atoms with Crippen molar-refractivity contribution in [1.82, 2.24) is 10.2 Å². The van der Waals surface area contributed by atoms with Crippen LogP contribution in [0.25, 0.3) is 11.0 Å². The number of carbonyl (C=O) groups excluding carboxylic acids is 2. The normalized spacial score (nSPS) is 17.5. The van der Waals surface area contributed by atoms with Crippen molar-refractivity contribution in [3.8, 4) is 0 Å². The van der Waals surface area contributed by atoms with Crippen LogP contribution in [0.15, 0.2) is 82.0 Å². The summed E-state index contributed by atoms with van der Waals surface area (Å²) in [7, 11) is 0. The molecular formula is C31H23ClF6N2O4. The van der Waals surface area contributed by atoms with E-state index in [4.69, 9.17) is 16.0 Å². The van der Waals surface area contributed by atoms with Gasteiger partial charge in [-0.15, -0.1) is 0 Å². The Morgan fingerprint density at radius 1 is 0.909 bits per heavy atom. The second-order valence-electron chi connectivity index (χ2n) is 10.4. The summed E-state index contributed by atoms with van der Waals surface area (Å²) in [6.07, 6.45) is -9.81. The van der Waals surface area contributed by atoms with Crippen LogP contribution in [0.4, 0.5) is 26.3 Å². The summed E-state index contributed by atoms with van der Waals surface area (Å²) in [5, 5.41) is 3.52. The molecule has 2 atom stereocenters. The van der Waals surface area contributed by atoms with Gasteiger partial charge in [0.1, 0.15) is 5.58 Å². The molecule has 3 aromatic carbocycles. The van der Waals surface area contributed by atoms with Crippen LogP contribution in [0.2, 0.25) is 5.02 Å². The molecule has 0 spiro atoms. The van der Waals surface area contributed by atoms with Gasteiger partial charge in [-0.3, -0.25) is 14.4 Å². The van der Waals surface area contributed by atoms with E-state index in [-0.39, 0.29) is 43.2 Å². The van der Waals surface area contributed by atoms with Crippen molar-refractivity contribution in [1.29, 1.82) is 0 Å². The topological polar surface area (TPSA) is 79.6 Å². The zero-order valence-corrected chi connectivity index (χ0v) is 23.4. The lowest BCUT2D eigenvalue weighted by atomic mass is 9.91. The molecule has 44 heavy (non-hydrogen) atoms. The van der Waals surface area contributed by atoms with E-state index in [1.165, 1.54) is 11.0 Å². The number of hydrogen-bond donors (Lipinski definition) is 1. The number of alkyl halides is 6. The Hall–Kier alpha value is -4.32. The molecule has 1 N–H and O–H groups in total. The minimum Gasteiger partial charge on any atom is -0.451 e. The van der Waals surface area contributed by atoms with Gasteiger partial charge in [0.25, 0.3) is 11.8 Å². The Morgan fingerprint density at radius 2 is 1.55 bits per heavy atom. The maximum atomic E-state index is 13.6. The summed E-state index contributed by atoms with van der Waals surface area (Å²) < 4.78 is 86.6. The van der Waals surface area contributed by atoms with Crippen molar-refractivity contribution in [3.63, 3.8) is 0 Å². The molecule has 1 fully saturated rings. The van der Waals surface area contributed by atoms with Crippen molar-refractivity contribution in [3.05, 3.63) is 116 Å². The van der Waals surface area contributed by atoms with E-state index in [2.05, 4.69) is 5.32 Å². The van der Waals surface area contributed by atoms with Crippen LogP contribution in [0.1, 0.15) is 50.4 Å². The van der Waals surface area contributed by atoms with Gasteiger partial charge in [-0.1, -0.05) is 35.9 Å². The number of amides is 2. The van der Waals surface area contributed by atoms with Gasteiger partial charge in [-0.2, -0.15) is 26.3 Å². The molecule has 0 aliphatic carbocycles. The minimum atomic E-state index is -5.12. The number of rotatable bonds is 5. The average Bonchev–Trinajstić information content (AvgIpc) is 2.97. The molecule has 0 unspecified atom stereocenters. The highest BCUT2D eigenvalue weighted by atomic mass is 35.5. The number of fused-ring (bicyclic) bond motifs is 1. The number of piperidine rings is 1. The van der Waals surface area contributed by atoms with Crippen LogP contribution < -0.4 is 10.7 Å². The monoisotopic (exact) mass is 636 g/mol. The van der Waals surface area contributed by atoms with E-state index in [9.17, 15) is 40.7 Å². The van der Waals surface area contributed by atoms with E-state index < -0.39 is 58.4 Å². The first-order valence-corrected chi connectivity index (χ1v) is 13.8. The summed E-state index contributed by atoms with van der Waals surface area (Å²) >= 11 is 5.98. The first-order chi connectivity index (χ1) is 20.7.